The van der Waals surface area contributed by atoms with Crippen molar-refractivity contribution in [2.45, 2.75) is 33.7 Å². The highest BCUT2D eigenvalue weighted by molar-refractivity contribution is 5.86. The van der Waals surface area contributed by atoms with Crippen LogP contribution in [0.25, 0.3) is 33.4 Å². The van der Waals surface area contributed by atoms with E-state index in [-0.39, 0.29) is 11.2 Å². The number of benzene rings is 2. The van der Waals surface area contributed by atoms with E-state index in [1.807, 2.05) is 42.8 Å². The molecule has 0 atom stereocenters. The second-order valence-corrected chi connectivity index (χ2v) is 7.58. The molecule has 0 amide bonds. The molecule has 6 heteroatoms. The Labute approximate surface area is 175 Å². The molecule has 0 saturated heterocycles. The summed E-state index contributed by atoms with van der Waals surface area (Å²) in [6.45, 7) is 8.37. The van der Waals surface area contributed by atoms with E-state index >= 15 is 0 Å². The summed E-state index contributed by atoms with van der Waals surface area (Å²) in [5, 5.41) is 11.3. The summed E-state index contributed by atoms with van der Waals surface area (Å²) in [6, 6.07) is 9.69. The van der Waals surface area contributed by atoms with Crippen LogP contribution in [-0.2, 0) is 20.0 Å². The monoisotopic (exact) mass is 406 g/mol. The molecule has 2 heterocycles. The van der Waals surface area contributed by atoms with Crippen molar-refractivity contribution in [3.63, 3.8) is 0 Å². The number of fused-ring (bicyclic) bond motifs is 2. The third-order valence-corrected chi connectivity index (χ3v) is 5.98. The van der Waals surface area contributed by atoms with E-state index in [4.69, 9.17) is 4.42 Å². The molecule has 0 spiro atoms. The molecule has 0 aliphatic rings. The number of imidazole rings is 1. The average molecular weight is 407 g/mol. The first-order chi connectivity index (χ1) is 14.5. The lowest BCUT2D eigenvalue weighted by Gasteiger charge is -2.20. The number of H-pyrrole nitrogens is 1. The van der Waals surface area contributed by atoms with Crippen LogP contribution in [0.15, 0.2) is 45.8 Å². The number of aromatic nitrogens is 2. The van der Waals surface area contributed by atoms with Gasteiger partial charge in [0.1, 0.15) is 23.2 Å². The minimum Gasteiger partial charge on any atom is -0.507 e. The van der Waals surface area contributed by atoms with E-state index < -0.39 is 0 Å². The summed E-state index contributed by atoms with van der Waals surface area (Å²) in [5.41, 5.74) is 4.24. The number of rotatable bonds is 6. The summed E-state index contributed by atoms with van der Waals surface area (Å²) in [4.78, 5) is 19.1. The smallest absolute Gasteiger partial charge is 0.294 e. The lowest BCUT2D eigenvalue weighted by molar-refractivity contribution is -0.633. The zero-order valence-electron chi connectivity index (χ0n) is 18.0. The fourth-order valence-corrected chi connectivity index (χ4v) is 4.09. The number of nitrogens with zero attached hydrogens (tertiary/aromatic N) is 2. The van der Waals surface area contributed by atoms with E-state index in [0.29, 0.717) is 40.9 Å². The van der Waals surface area contributed by atoms with Gasteiger partial charge in [0.05, 0.1) is 18.0 Å². The van der Waals surface area contributed by atoms with E-state index in [1.165, 1.54) is 6.26 Å². The lowest BCUT2D eigenvalue weighted by atomic mass is 10.0. The van der Waals surface area contributed by atoms with Crippen molar-refractivity contribution in [1.29, 1.82) is 0 Å². The normalized spacial score (nSPS) is 11.8. The molecule has 30 heavy (non-hydrogen) atoms. The molecule has 6 nitrogen and oxygen atoms in total. The van der Waals surface area contributed by atoms with E-state index in [0.717, 1.165) is 29.7 Å². The SMILES string of the molecule is CCc1cc2c(=O)c(-c3[nH]c4ccccc4[n+]3C)coc2c(CN(CC)CC)c1O. The van der Waals surface area contributed by atoms with Crippen LogP contribution >= 0.6 is 0 Å². The lowest BCUT2D eigenvalue weighted by Crippen LogP contribution is -2.30. The molecule has 2 N–H and O–H groups in total. The molecule has 4 rings (SSSR count). The number of phenols is 1. The molecule has 156 valence electrons. The topological polar surface area (TPSA) is 73.4 Å². The quantitative estimate of drug-likeness (QED) is 0.477. The van der Waals surface area contributed by atoms with Gasteiger partial charge in [-0.25, -0.2) is 9.55 Å². The summed E-state index contributed by atoms with van der Waals surface area (Å²) >= 11 is 0. The van der Waals surface area contributed by atoms with E-state index in [9.17, 15) is 9.90 Å². The Morgan fingerprint density at radius 3 is 2.57 bits per heavy atom. The highest BCUT2D eigenvalue weighted by Gasteiger charge is 2.24. The molecule has 2 aromatic carbocycles. The van der Waals surface area contributed by atoms with Gasteiger partial charge in [0, 0.05) is 6.54 Å². The van der Waals surface area contributed by atoms with Crippen molar-refractivity contribution in [2.24, 2.45) is 7.05 Å². The van der Waals surface area contributed by atoms with Crippen LogP contribution in [0.5, 0.6) is 5.75 Å². The Kier molecular flexibility index (Phi) is 5.35. The maximum absolute atomic E-state index is 13.5. The number of hydrogen-bond acceptors (Lipinski definition) is 4. The van der Waals surface area contributed by atoms with Crippen LogP contribution in [0, 0.1) is 0 Å². The standard InChI is InChI=1S/C24H27N3O3/c1-5-15-12-16-22(29)18(24-25-19-10-8-9-11-20(19)26(24)4)14-30-23(16)17(21(15)28)13-27(6-2)7-3/h8-12,14H,5-7,13H2,1-4H3,(H,28,29)/p+1. The first-order valence-corrected chi connectivity index (χ1v) is 10.5. The fraction of sp³-hybridized carbons (Fsp3) is 0.333. The number of aromatic hydroxyl groups is 1. The number of nitrogens with one attached hydrogen (secondary N) is 1. The number of para-hydroxylation sites is 2. The van der Waals surface area contributed by atoms with Gasteiger partial charge in [0.15, 0.2) is 11.0 Å². The number of aromatic amines is 1. The Morgan fingerprint density at radius 2 is 1.90 bits per heavy atom. The van der Waals surface area contributed by atoms with Gasteiger partial charge >= 0.3 is 0 Å². The summed E-state index contributed by atoms with van der Waals surface area (Å²) in [7, 11) is 1.93. The largest absolute Gasteiger partial charge is 0.507 e. The van der Waals surface area contributed by atoms with Gasteiger partial charge in [0.2, 0.25) is 5.43 Å². The van der Waals surface area contributed by atoms with Crippen molar-refractivity contribution in [2.75, 3.05) is 13.1 Å². The van der Waals surface area contributed by atoms with Crippen LogP contribution in [-0.4, -0.2) is 28.1 Å². The zero-order valence-corrected chi connectivity index (χ0v) is 18.0. The molecule has 0 fully saturated rings. The Balaban J connectivity index is 1.97. The highest BCUT2D eigenvalue weighted by atomic mass is 16.3. The maximum Gasteiger partial charge on any atom is 0.294 e. The number of hydrogen-bond donors (Lipinski definition) is 2. The zero-order chi connectivity index (χ0) is 21.4. The van der Waals surface area contributed by atoms with Crippen molar-refractivity contribution < 1.29 is 14.1 Å². The van der Waals surface area contributed by atoms with Gasteiger partial charge in [-0.15, -0.1) is 0 Å². The van der Waals surface area contributed by atoms with Gasteiger partial charge < -0.3 is 9.52 Å². The third kappa shape index (κ3) is 3.17. The summed E-state index contributed by atoms with van der Waals surface area (Å²) < 4.78 is 7.97. The first kappa shape index (κ1) is 20.2. The third-order valence-electron chi connectivity index (χ3n) is 5.98. The average Bonchev–Trinajstić information content (AvgIpc) is 3.10. The molecule has 0 unspecified atom stereocenters. The molecular weight excluding hydrogens is 378 g/mol. The van der Waals surface area contributed by atoms with Gasteiger partial charge in [-0.05, 0) is 43.3 Å². The van der Waals surface area contributed by atoms with E-state index in [1.54, 1.807) is 6.07 Å². The maximum atomic E-state index is 13.5. The van der Waals surface area contributed by atoms with Crippen LogP contribution in [0.1, 0.15) is 31.9 Å². The van der Waals surface area contributed by atoms with Gasteiger partial charge in [-0.3, -0.25) is 9.69 Å². The summed E-state index contributed by atoms with van der Waals surface area (Å²) in [5.74, 6) is 0.923. The molecule has 0 aliphatic carbocycles. The van der Waals surface area contributed by atoms with Crippen molar-refractivity contribution in [3.05, 3.63) is 57.9 Å². The number of aryl methyl sites for hydroxylation is 2. The van der Waals surface area contributed by atoms with Crippen LogP contribution in [0.4, 0.5) is 0 Å². The van der Waals surface area contributed by atoms with Gasteiger partial charge in [0.25, 0.3) is 5.82 Å². The molecule has 0 aliphatic heterocycles. The molecular formula is C24H28N3O3+. The van der Waals surface area contributed by atoms with Crippen LogP contribution in [0.3, 0.4) is 0 Å². The first-order valence-electron chi connectivity index (χ1n) is 10.5. The van der Waals surface area contributed by atoms with Crippen molar-refractivity contribution >= 4 is 22.0 Å². The minimum absolute atomic E-state index is 0.103. The number of phenolic OH excluding ortho intramolecular Hbond substituents is 1. The second kappa shape index (κ2) is 7.95. The molecule has 0 radical (unpaired) electrons. The molecule has 2 aromatic heterocycles. The predicted octanol–water partition coefficient (Wildman–Crippen LogP) is 3.88. The predicted molar refractivity (Wildman–Crippen MR) is 119 cm³/mol. The summed E-state index contributed by atoms with van der Waals surface area (Å²) in [6.07, 6.45) is 2.14. The molecule has 4 aromatic rings. The Bertz CT molecular complexity index is 1280. The second-order valence-electron chi connectivity index (χ2n) is 7.58. The van der Waals surface area contributed by atoms with Crippen molar-refractivity contribution in [3.8, 4) is 17.1 Å². The fourth-order valence-electron chi connectivity index (χ4n) is 4.09. The molecule has 0 saturated carbocycles. The van der Waals surface area contributed by atoms with E-state index in [2.05, 4.69) is 23.7 Å². The Morgan fingerprint density at radius 1 is 1.17 bits per heavy atom. The Hall–Kier alpha value is -3.12. The highest BCUT2D eigenvalue weighted by Crippen LogP contribution is 2.32. The molecule has 0 bridgehead atoms. The van der Waals surface area contributed by atoms with Crippen LogP contribution < -0.4 is 10.00 Å². The van der Waals surface area contributed by atoms with Gasteiger partial charge in [-0.2, -0.15) is 0 Å². The van der Waals surface area contributed by atoms with Crippen LogP contribution in [0.2, 0.25) is 0 Å². The van der Waals surface area contributed by atoms with Gasteiger partial charge in [-0.1, -0.05) is 32.9 Å². The minimum atomic E-state index is -0.103. The van der Waals surface area contributed by atoms with Crippen molar-refractivity contribution in [1.82, 2.24) is 9.88 Å².